The average Bonchev–Trinajstić information content (AvgIpc) is 2.59. The molecule has 2 atom stereocenters. The molecular weight excluding hydrogens is 186 g/mol. The van der Waals surface area contributed by atoms with Gasteiger partial charge in [0.05, 0.1) is 6.61 Å². The minimum absolute atomic E-state index is 0.188. The minimum Gasteiger partial charge on any atom is -0.384 e. The van der Waals surface area contributed by atoms with E-state index in [4.69, 9.17) is 10.5 Å². The molecule has 2 unspecified atom stereocenters. The molecule has 1 aromatic rings. The summed E-state index contributed by atoms with van der Waals surface area (Å²) in [6, 6.07) is 8.51. The highest BCUT2D eigenvalue weighted by molar-refractivity contribution is 5.38. The number of methoxy groups -OCH3 is 1. The SMILES string of the molecule is COCC(C)C1(N)CCc2ccccc21. The topological polar surface area (TPSA) is 35.2 Å². The summed E-state index contributed by atoms with van der Waals surface area (Å²) in [5.74, 6) is 0.367. The maximum atomic E-state index is 6.52. The van der Waals surface area contributed by atoms with E-state index in [9.17, 15) is 0 Å². The van der Waals surface area contributed by atoms with E-state index in [1.807, 2.05) is 0 Å². The third-order valence-electron chi connectivity index (χ3n) is 3.62. The molecule has 0 amide bonds. The fourth-order valence-electron chi connectivity index (χ4n) is 2.58. The van der Waals surface area contributed by atoms with Gasteiger partial charge in [-0.05, 0) is 24.0 Å². The third kappa shape index (κ3) is 1.68. The van der Waals surface area contributed by atoms with Crippen LogP contribution < -0.4 is 5.73 Å². The monoisotopic (exact) mass is 205 g/mol. The lowest BCUT2D eigenvalue weighted by Crippen LogP contribution is -2.42. The summed E-state index contributed by atoms with van der Waals surface area (Å²) < 4.78 is 5.22. The summed E-state index contributed by atoms with van der Waals surface area (Å²) in [4.78, 5) is 0. The van der Waals surface area contributed by atoms with Crippen molar-refractivity contribution in [2.45, 2.75) is 25.3 Å². The molecule has 2 N–H and O–H groups in total. The van der Waals surface area contributed by atoms with Gasteiger partial charge in [-0.2, -0.15) is 0 Å². The quantitative estimate of drug-likeness (QED) is 0.820. The van der Waals surface area contributed by atoms with Gasteiger partial charge in [-0.3, -0.25) is 0 Å². The maximum Gasteiger partial charge on any atom is 0.0508 e. The molecule has 0 bridgehead atoms. The van der Waals surface area contributed by atoms with Gasteiger partial charge in [0.25, 0.3) is 0 Å². The Kier molecular flexibility index (Phi) is 2.81. The van der Waals surface area contributed by atoms with Crippen LogP contribution in [0.1, 0.15) is 24.5 Å². The first-order valence-corrected chi connectivity index (χ1v) is 5.54. The first kappa shape index (κ1) is 10.7. The van der Waals surface area contributed by atoms with Gasteiger partial charge < -0.3 is 10.5 Å². The van der Waals surface area contributed by atoms with Crippen molar-refractivity contribution in [2.75, 3.05) is 13.7 Å². The van der Waals surface area contributed by atoms with Crippen LogP contribution in [-0.2, 0) is 16.7 Å². The van der Waals surface area contributed by atoms with Crippen LogP contribution in [0.2, 0.25) is 0 Å². The highest BCUT2D eigenvalue weighted by atomic mass is 16.5. The van der Waals surface area contributed by atoms with E-state index < -0.39 is 0 Å². The van der Waals surface area contributed by atoms with Crippen molar-refractivity contribution in [3.05, 3.63) is 35.4 Å². The molecule has 2 rings (SSSR count). The van der Waals surface area contributed by atoms with Crippen molar-refractivity contribution < 1.29 is 4.74 Å². The Morgan fingerprint density at radius 3 is 2.93 bits per heavy atom. The van der Waals surface area contributed by atoms with E-state index in [1.165, 1.54) is 11.1 Å². The van der Waals surface area contributed by atoms with Crippen LogP contribution in [0.4, 0.5) is 0 Å². The largest absolute Gasteiger partial charge is 0.384 e. The molecule has 1 aromatic carbocycles. The summed E-state index contributed by atoms with van der Waals surface area (Å²) in [7, 11) is 1.74. The average molecular weight is 205 g/mol. The molecule has 0 saturated heterocycles. The van der Waals surface area contributed by atoms with E-state index in [-0.39, 0.29) is 5.54 Å². The zero-order valence-electron chi connectivity index (χ0n) is 9.49. The molecule has 0 fully saturated rings. The molecule has 1 aliphatic carbocycles. The molecule has 0 spiro atoms. The Bertz CT molecular complexity index is 350. The van der Waals surface area contributed by atoms with Crippen LogP contribution in [0.5, 0.6) is 0 Å². The van der Waals surface area contributed by atoms with Gasteiger partial charge in [-0.15, -0.1) is 0 Å². The summed E-state index contributed by atoms with van der Waals surface area (Å²) in [5.41, 5.74) is 9.05. The fraction of sp³-hybridized carbons (Fsp3) is 0.538. The summed E-state index contributed by atoms with van der Waals surface area (Å²) in [6.45, 7) is 2.90. The van der Waals surface area contributed by atoms with Crippen molar-refractivity contribution >= 4 is 0 Å². The van der Waals surface area contributed by atoms with Crippen molar-refractivity contribution in [1.29, 1.82) is 0 Å². The van der Waals surface area contributed by atoms with Gasteiger partial charge >= 0.3 is 0 Å². The Hall–Kier alpha value is -0.860. The van der Waals surface area contributed by atoms with E-state index >= 15 is 0 Å². The predicted molar refractivity (Wildman–Crippen MR) is 61.7 cm³/mol. The Morgan fingerprint density at radius 1 is 1.47 bits per heavy atom. The number of aryl methyl sites for hydroxylation is 1. The van der Waals surface area contributed by atoms with Crippen LogP contribution >= 0.6 is 0 Å². The zero-order chi connectivity index (χ0) is 10.9. The van der Waals surface area contributed by atoms with E-state index in [1.54, 1.807) is 7.11 Å². The van der Waals surface area contributed by atoms with Crippen LogP contribution in [0.25, 0.3) is 0 Å². The molecule has 0 radical (unpaired) electrons. The Morgan fingerprint density at radius 2 is 2.20 bits per heavy atom. The van der Waals surface area contributed by atoms with Crippen LogP contribution in [-0.4, -0.2) is 13.7 Å². The van der Waals surface area contributed by atoms with E-state index in [0.29, 0.717) is 5.92 Å². The summed E-state index contributed by atoms with van der Waals surface area (Å²) >= 11 is 0. The first-order valence-electron chi connectivity index (χ1n) is 5.54. The van der Waals surface area contributed by atoms with Crippen molar-refractivity contribution in [1.82, 2.24) is 0 Å². The zero-order valence-corrected chi connectivity index (χ0v) is 9.49. The van der Waals surface area contributed by atoms with E-state index in [2.05, 4.69) is 31.2 Å². The number of hydrogen-bond donors (Lipinski definition) is 1. The first-order chi connectivity index (χ1) is 7.18. The van der Waals surface area contributed by atoms with Gasteiger partial charge in [-0.1, -0.05) is 31.2 Å². The predicted octanol–water partition coefficient (Wildman–Crippen LogP) is 2.07. The second kappa shape index (κ2) is 3.95. The molecule has 15 heavy (non-hydrogen) atoms. The summed E-state index contributed by atoms with van der Waals surface area (Å²) in [6.07, 6.45) is 2.14. The van der Waals surface area contributed by atoms with Gasteiger partial charge in [0.1, 0.15) is 0 Å². The van der Waals surface area contributed by atoms with Crippen LogP contribution in [0.3, 0.4) is 0 Å². The molecule has 2 nitrogen and oxygen atoms in total. The van der Waals surface area contributed by atoms with Crippen molar-refractivity contribution in [3.8, 4) is 0 Å². The lowest BCUT2D eigenvalue weighted by atomic mass is 9.81. The van der Waals surface area contributed by atoms with Gasteiger partial charge in [0, 0.05) is 18.6 Å². The number of hydrogen-bond acceptors (Lipinski definition) is 2. The standard InChI is InChI=1S/C13H19NO/c1-10(9-15-2)13(14)8-7-11-5-3-4-6-12(11)13/h3-6,10H,7-9,14H2,1-2H3. The number of nitrogens with two attached hydrogens (primary N) is 1. The van der Waals surface area contributed by atoms with Gasteiger partial charge in [-0.25, -0.2) is 0 Å². The molecule has 0 aliphatic heterocycles. The highest BCUT2D eigenvalue weighted by Gasteiger charge is 2.39. The third-order valence-corrected chi connectivity index (χ3v) is 3.62. The van der Waals surface area contributed by atoms with Crippen molar-refractivity contribution in [3.63, 3.8) is 0 Å². The highest BCUT2D eigenvalue weighted by Crippen LogP contribution is 2.39. The maximum absolute atomic E-state index is 6.52. The molecule has 0 aromatic heterocycles. The van der Waals surface area contributed by atoms with Gasteiger partial charge in [0.15, 0.2) is 0 Å². The number of fused-ring (bicyclic) bond motifs is 1. The van der Waals surface area contributed by atoms with Crippen LogP contribution in [0.15, 0.2) is 24.3 Å². The molecule has 82 valence electrons. The van der Waals surface area contributed by atoms with Crippen molar-refractivity contribution in [2.24, 2.45) is 11.7 Å². The number of ether oxygens (including phenoxy) is 1. The lowest BCUT2D eigenvalue weighted by Gasteiger charge is -2.32. The molecule has 1 aliphatic rings. The molecular formula is C13H19NO. The fourth-order valence-corrected chi connectivity index (χ4v) is 2.58. The van der Waals surface area contributed by atoms with E-state index in [0.717, 1.165) is 19.4 Å². The summed E-state index contributed by atoms with van der Waals surface area (Å²) in [5, 5.41) is 0. The number of rotatable bonds is 3. The molecule has 2 heteroatoms. The second-order valence-electron chi connectivity index (χ2n) is 4.55. The van der Waals surface area contributed by atoms with Crippen LogP contribution in [0, 0.1) is 5.92 Å². The molecule has 0 heterocycles. The second-order valence-corrected chi connectivity index (χ2v) is 4.55. The Labute approximate surface area is 91.4 Å². The smallest absolute Gasteiger partial charge is 0.0508 e. The lowest BCUT2D eigenvalue weighted by molar-refractivity contribution is 0.114. The number of benzene rings is 1. The van der Waals surface area contributed by atoms with Gasteiger partial charge in [0.2, 0.25) is 0 Å². The normalized spacial score (nSPS) is 26.3. The molecule has 0 saturated carbocycles. The Balaban J connectivity index is 2.32. The minimum atomic E-state index is -0.188.